The molecule has 0 heterocycles. The molecular formula is C16H14Cl3NO4. The number of amides is 1. The molecule has 1 N–H and O–H groups in total. The smallest absolute Gasteiger partial charge is 0.262 e. The van der Waals surface area contributed by atoms with Crippen LogP contribution in [0.4, 0.5) is 5.69 Å². The van der Waals surface area contributed by atoms with Crippen LogP contribution < -0.4 is 19.5 Å². The van der Waals surface area contributed by atoms with E-state index in [9.17, 15) is 4.79 Å². The molecule has 2 rings (SSSR count). The van der Waals surface area contributed by atoms with E-state index in [-0.39, 0.29) is 28.3 Å². The van der Waals surface area contributed by atoms with Crippen LogP contribution in [0.25, 0.3) is 0 Å². The van der Waals surface area contributed by atoms with Gasteiger partial charge in [0, 0.05) is 30.0 Å². The summed E-state index contributed by atoms with van der Waals surface area (Å²) in [6.45, 7) is -0.253. The van der Waals surface area contributed by atoms with Gasteiger partial charge in [0.25, 0.3) is 5.91 Å². The van der Waals surface area contributed by atoms with Crippen LogP contribution in [0.5, 0.6) is 17.2 Å². The Morgan fingerprint density at radius 3 is 2.08 bits per heavy atom. The molecule has 24 heavy (non-hydrogen) atoms. The summed E-state index contributed by atoms with van der Waals surface area (Å²) in [5.74, 6) is 0.994. The second kappa shape index (κ2) is 8.33. The number of carbonyl (C=O) groups excluding carboxylic acids is 1. The van der Waals surface area contributed by atoms with Crippen molar-refractivity contribution in [2.45, 2.75) is 0 Å². The molecule has 2 aromatic carbocycles. The van der Waals surface area contributed by atoms with Crippen molar-refractivity contribution in [3.63, 3.8) is 0 Å². The Balaban J connectivity index is 2.02. The molecule has 0 aliphatic carbocycles. The molecule has 0 atom stereocenters. The largest absolute Gasteiger partial charge is 0.497 e. The van der Waals surface area contributed by atoms with Gasteiger partial charge in [-0.2, -0.15) is 0 Å². The van der Waals surface area contributed by atoms with Gasteiger partial charge in [0.2, 0.25) is 0 Å². The number of rotatable bonds is 6. The van der Waals surface area contributed by atoms with Crippen LogP contribution in [0.3, 0.4) is 0 Å². The summed E-state index contributed by atoms with van der Waals surface area (Å²) in [5.41, 5.74) is 0.514. The van der Waals surface area contributed by atoms with E-state index in [1.165, 1.54) is 26.4 Å². The number of hydrogen-bond acceptors (Lipinski definition) is 4. The Bertz CT molecular complexity index is 730. The van der Waals surface area contributed by atoms with Crippen LogP contribution in [0.1, 0.15) is 0 Å². The highest BCUT2D eigenvalue weighted by Crippen LogP contribution is 2.33. The molecule has 0 aliphatic heterocycles. The lowest BCUT2D eigenvalue weighted by molar-refractivity contribution is -0.118. The molecule has 0 saturated carbocycles. The summed E-state index contributed by atoms with van der Waals surface area (Å²) in [4.78, 5) is 12.0. The second-order valence-corrected chi connectivity index (χ2v) is 5.86. The van der Waals surface area contributed by atoms with Crippen molar-refractivity contribution >= 4 is 46.4 Å². The Labute approximate surface area is 154 Å². The first-order valence-corrected chi connectivity index (χ1v) is 7.86. The minimum atomic E-state index is -0.382. The van der Waals surface area contributed by atoms with Crippen molar-refractivity contribution in [3.8, 4) is 17.2 Å². The Morgan fingerprint density at radius 2 is 1.50 bits per heavy atom. The lowest BCUT2D eigenvalue weighted by atomic mass is 10.2. The van der Waals surface area contributed by atoms with Crippen molar-refractivity contribution in [2.75, 3.05) is 26.1 Å². The zero-order valence-electron chi connectivity index (χ0n) is 12.9. The molecular weight excluding hydrogens is 377 g/mol. The van der Waals surface area contributed by atoms with Crippen molar-refractivity contribution in [3.05, 3.63) is 45.4 Å². The van der Waals surface area contributed by atoms with E-state index < -0.39 is 0 Å². The van der Waals surface area contributed by atoms with Gasteiger partial charge < -0.3 is 19.5 Å². The maximum Gasteiger partial charge on any atom is 0.262 e. The maximum absolute atomic E-state index is 12.0. The minimum Gasteiger partial charge on any atom is -0.497 e. The van der Waals surface area contributed by atoms with Crippen molar-refractivity contribution < 1.29 is 19.0 Å². The van der Waals surface area contributed by atoms with Crippen LogP contribution in [-0.4, -0.2) is 26.7 Å². The number of anilines is 1. The molecule has 0 unspecified atom stereocenters. The quantitative estimate of drug-likeness (QED) is 0.728. The highest BCUT2D eigenvalue weighted by Gasteiger charge is 2.11. The fourth-order valence-electron chi connectivity index (χ4n) is 1.83. The predicted octanol–water partition coefficient (Wildman–Crippen LogP) is 4.68. The van der Waals surface area contributed by atoms with Crippen LogP contribution in [0, 0.1) is 0 Å². The molecule has 0 spiro atoms. The van der Waals surface area contributed by atoms with E-state index in [4.69, 9.17) is 49.0 Å². The highest BCUT2D eigenvalue weighted by atomic mass is 35.5. The van der Waals surface area contributed by atoms with Gasteiger partial charge in [0.1, 0.15) is 17.2 Å². The van der Waals surface area contributed by atoms with Gasteiger partial charge >= 0.3 is 0 Å². The Morgan fingerprint density at radius 1 is 0.917 bits per heavy atom. The fourth-order valence-corrected chi connectivity index (χ4v) is 2.43. The molecule has 5 nitrogen and oxygen atoms in total. The van der Waals surface area contributed by atoms with Crippen molar-refractivity contribution in [1.82, 2.24) is 0 Å². The molecule has 0 aliphatic rings. The minimum absolute atomic E-state index is 0.253. The number of methoxy groups -OCH3 is 2. The SMILES string of the molecule is COc1cc(NC(=O)COc2cc(Cl)c(Cl)cc2Cl)cc(OC)c1. The van der Waals surface area contributed by atoms with E-state index in [1.807, 2.05) is 0 Å². The normalized spacial score (nSPS) is 10.2. The van der Waals surface area contributed by atoms with E-state index in [2.05, 4.69) is 5.32 Å². The van der Waals surface area contributed by atoms with Crippen LogP contribution in [0.15, 0.2) is 30.3 Å². The standard InChI is InChI=1S/C16H14Cl3NO4/c1-22-10-3-9(4-11(5-10)23-2)20-16(21)8-24-15-7-13(18)12(17)6-14(15)19/h3-7H,8H2,1-2H3,(H,20,21). The highest BCUT2D eigenvalue weighted by molar-refractivity contribution is 6.43. The third kappa shape index (κ3) is 4.84. The van der Waals surface area contributed by atoms with Gasteiger partial charge in [0.15, 0.2) is 6.61 Å². The molecule has 0 radical (unpaired) electrons. The van der Waals surface area contributed by atoms with Gasteiger partial charge in [-0.1, -0.05) is 34.8 Å². The van der Waals surface area contributed by atoms with Gasteiger partial charge in [-0.25, -0.2) is 0 Å². The molecule has 0 saturated heterocycles. The van der Waals surface area contributed by atoms with Crippen LogP contribution in [0.2, 0.25) is 15.1 Å². The number of halogens is 3. The first-order chi connectivity index (χ1) is 11.4. The monoisotopic (exact) mass is 389 g/mol. The summed E-state index contributed by atoms with van der Waals surface area (Å²) in [6.07, 6.45) is 0. The Hall–Kier alpha value is -1.82. The first-order valence-electron chi connectivity index (χ1n) is 6.73. The summed E-state index contributed by atoms with van der Waals surface area (Å²) in [6, 6.07) is 7.92. The number of benzene rings is 2. The first kappa shape index (κ1) is 18.5. The third-order valence-corrected chi connectivity index (χ3v) is 3.99. The molecule has 128 valence electrons. The van der Waals surface area contributed by atoms with Crippen LogP contribution >= 0.6 is 34.8 Å². The number of ether oxygens (including phenoxy) is 3. The molecule has 8 heteroatoms. The molecule has 0 bridgehead atoms. The maximum atomic E-state index is 12.0. The van der Waals surface area contributed by atoms with Crippen molar-refractivity contribution in [2.24, 2.45) is 0 Å². The predicted molar refractivity (Wildman–Crippen MR) is 95.1 cm³/mol. The average Bonchev–Trinajstić information content (AvgIpc) is 2.56. The lowest BCUT2D eigenvalue weighted by Gasteiger charge is -2.11. The second-order valence-electron chi connectivity index (χ2n) is 4.63. The topological polar surface area (TPSA) is 56.8 Å². The average molecular weight is 391 g/mol. The fraction of sp³-hybridized carbons (Fsp3) is 0.188. The molecule has 0 aromatic heterocycles. The van der Waals surface area contributed by atoms with Gasteiger partial charge in [-0.05, 0) is 6.07 Å². The molecule has 2 aromatic rings. The Kier molecular flexibility index (Phi) is 6.43. The van der Waals surface area contributed by atoms with Gasteiger partial charge in [-0.15, -0.1) is 0 Å². The van der Waals surface area contributed by atoms with E-state index in [0.29, 0.717) is 22.2 Å². The summed E-state index contributed by atoms with van der Waals surface area (Å²) in [7, 11) is 3.05. The summed E-state index contributed by atoms with van der Waals surface area (Å²) < 4.78 is 15.7. The van der Waals surface area contributed by atoms with E-state index >= 15 is 0 Å². The molecule has 1 amide bonds. The third-order valence-electron chi connectivity index (χ3n) is 2.97. The molecule has 0 fully saturated rings. The lowest BCUT2D eigenvalue weighted by Crippen LogP contribution is -2.20. The summed E-state index contributed by atoms with van der Waals surface area (Å²) in [5, 5.41) is 3.54. The van der Waals surface area contributed by atoms with Gasteiger partial charge in [-0.3, -0.25) is 4.79 Å². The van der Waals surface area contributed by atoms with E-state index in [0.717, 1.165) is 0 Å². The number of carbonyl (C=O) groups is 1. The zero-order chi connectivity index (χ0) is 17.7. The number of nitrogens with one attached hydrogen (secondary N) is 1. The van der Waals surface area contributed by atoms with Crippen molar-refractivity contribution in [1.29, 1.82) is 0 Å². The number of hydrogen-bond donors (Lipinski definition) is 1. The van der Waals surface area contributed by atoms with Gasteiger partial charge in [0.05, 0.1) is 29.3 Å². The summed E-state index contributed by atoms with van der Waals surface area (Å²) >= 11 is 17.7. The zero-order valence-corrected chi connectivity index (χ0v) is 15.1. The van der Waals surface area contributed by atoms with Crippen LogP contribution in [-0.2, 0) is 4.79 Å². The van der Waals surface area contributed by atoms with E-state index in [1.54, 1.807) is 18.2 Å².